The van der Waals surface area contributed by atoms with Crippen LogP contribution in [0.1, 0.15) is 10.4 Å². The van der Waals surface area contributed by atoms with E-state index in [4.69, 9.17) is 9.47 Å². The fraction of sp³-hybridized carbons (Fsp3) is 0.0870. The van der Waals surface area contributed by atoms with E-state index in [-0.39, 0.29) is 5.91 Å². The second-order valence-corrected chi connectivity index (χ2v) is 7.52. The zero-order chi connectivity index (χ0) is 21.8. The highest BCUT2D eigenvalue weighted by molar-refractivity contribution is 9.10. The SMILES string of the molecule is COc1ccc(C(=O)Nc2ccc(-n3nncc3-c3ccc(Br)cc3)cc2)cc1OC. The average molecular weight is 479 g/mol. The first-order valence-corrected chi connectivity index (χ1v) is 10.2. The summed E-state index contributed by atoms with van der Waals surface area (Å²) >= 11 is 3.45. The quantitative estimate of drug-likeness (QED) is 0.423. The van der Waals surface area contributed by atoms with Gasteiger partial charge in [-0.25, -0.2) is 4.68 Å². The lowest BCUT2D eigenvalue weighted by molar-refractivity contribution is 0.102. The summed E-state index contributed by atoms with van der Waals surface area (Å²) in [4.78, 5) is 12.6. The van der Waals surface area contributed by atoms with Crippen molar-refractivity contribution >= 4 is 27.5 Å². The molecule has 8 heteroatoms. The molecule has 4 rings (SSSR count). The predicted octanol–water partition coefficient (Wildman–Crippen LogP) is 4.97. The molecule has 0 spiro atoms. The number of carbonyl (C=O) groups excluding carboxylic acids is 1. The summed E-state index contributed by atoms with van der Waals surface area (Å²) in [7, 11) is 3.08. The molecule has 0 saturated carbocycles. The van der Waals surface area contributed by atoms with Gasteiger partial charge in [-0.05, 0) is 54.6 Å². The Hall–Kier alpha value is -3.65. The van der Waals surface area contributed by atoms with Crippen LogP contribution in [0.4, 0.5) is 5.69 Å². The number of halogens is 1. The van der Waals surface area contributed by atoms with Gasteiger partial charge in [0.1, 0.15) is 0 Å². The molecule has 1 heterocycles. The van der Waals surface area contributed by atoms with Crippen molar-refractivity contribution in [2.24, 2.45) is 0 Å². The van der Waals surface area contributed by atoms with Gasteiger partial charge in [0.2, 0.25) is 0 Å². The molecule has 3 aromatic carbocycles. The smallest absolute Gasteiger partial charge is 0.255 e. The molecule has 31 heavy (non-hydrogen) atoms. The number of ether oxygens (including phenoxy) is 2. The number of nitrogens with one attached hydrogen (secondary N) is 1. The summed E-state index contributed by atoms with van der Waals surface area (Å²) in [6, 6.07) is 20.4. The number of hydrogen-bond acceptors (Lipinski definition) is 5. The molecular weight excluding hydrogens is 460 g/mol. The van der Waals surface area contributed by atoms with Gasteiger partial charge >= 0.3 is 0 Å². The lowest BCUT2D eigenvalue weighted by Gasteiger charge is -2.11. The van der Waals surface area contributed by atoms with E-state index in [1.807, 2.05) is 48.5 Å². The molecule has 4 aromatic rings. The van der Waals surface area contributed by atoms with Crippen molar-refractivity contribution in [2.45, 2.75) is 0 Å². The number of amides is 1. The average Bonchev–Trinajstić information content (AvgIpc) is 3.29. The van der Waals surface area contributed by atoms with Gasteiger partial charge in [-0.3, -0.25) is 4.79 Å². The molecular formula is C23H19BrN4O3. The van der Waals surface area contributed by atoms with Gasteiger partial charge in [0.25, 0.3) is 5.91 Å². The molecule has 0 fully saturated rings. The van der Waals surface area contributed by atoms with Crippen LogP contribution in [0.15, 0.2) is 77.4 Å². The van der Waals surface area contributed by atoms with E-state index >= 15 is 0 Å². The Morgan fingerprint density at radius 2 is 1.65 bits per heavy atom. The number of benzene rings is 3. The lowest BCUT2D eigenvalue weighted by Crippen LogP contribution is -2.12. The van der Waals surface area contributed by atoms with Gasteiger partial charge in [-0.15, -0.1) is 5.10 Å². The summed E-state index contributed by atoms with van der Waals surface area (Å²) < 4.78 is 13.2. The highest BCUT2D eigenvalue weighted by Crippen LogP contribution is 2.28. The maximum absolute atomic E-state index is 12.6. The van der Waals surface area contributed by atoms with Crippen molar-refractivity contribution in [1.82, 2.24) is 15.0 Å². The zero-order valence-electron chi connectivity index (χ0n) is 16.9. The van der Waals surface area contributed by atoms with Gasteiger partial charge in [-0.1, -0.05) is 33.3 Å². The number of carbonyl (C=O) groups is 1. The predicted molar refractivity (Wildman–Crippen MR) is 122 cm³/mol. The lowest BCUT2D eigenvalue weighted by atomic mass is 10.1. The molecule has 7 nitrogen and oxygen atoms in total. The largest absolute Gasteiger partial charge is 0.493 e. The minimum absolute atomic E-state index is 0.245. The van der Waals surface area contributed by atoms with Gasteiger partial charge in [0.15, 0.2) is 11.5 Å². The van der Waals surface area contributed by atoms with Crippen LogP contribution in [-0.2, 0) is 0 Å². The van der Waals surface area contributed by atoms with Gasteiger partial charge in [-0.2, -0.15) is 0 Å². The van der Waals surface area contributed by atoms with Crippen molar-refractivity contribution in [1.29, 1.82) is 0 Å². The third kappa shape index (κ3) is 4.44. The Bertz CT molecular complexity index is 1200. The standard InChI is InChI=1S/C23H19BrN4O3/c1-30-21-12-5-16(13-22(21)31-2)23(29)26-18-8-10-19(11-9-18)28-20(14-25-27-28)15-3-6-17(24)7-4-15/h3-14H,1-2H3,(H,26,29). The molecule has 1 amide bonds. The van der Waals surface area contributed by atoms with Crippen molar-refractivity contribution in [3.63, 3.8) is 0 Å². The molecule has 0 unspecified atom stereocenters. The third-order valence-electron chi connectivity index (χ3n) is 4.70. The Balaban J connectivity index is 1.53. The molecule has 0 bridgehead atoms. The molecule has 0 aliphatic rings. The monoisotopic (exact) mass is 478 g/mol. The number of nitrogens with zero attached hydrogens (tertiary/aromatic N) is 3. The minimum Gasteiger partial charge on any atom is -0.493 e. The second kappa shape index (κ2) is 9.01. The van der Waals surface area contributed by atoms with E-state index in [0.29, 0.717) is 22.7 Å². The fourth-order valence-corrected chi connectivity index (χ4v) is 3.37. The van der Waals surface area contributed by atoms with Crippen molar-refractivity contribution in [3.8, 4) is 28.4 Å². The molecule has 1 aromatic heterocycles. The van der Waals surface area contributed by atoms with E-state index in [1.165, 1.54) is 7.11 Å². The summed E-state index contributed by atoms with van der Waals surface area (Å²) in [5.41, 5.74) is 3.83. The van der Waals surface area contributed by atoms with Crippen LogP contribution in [0.25, 0.3) is 16.9 Å². The summed E-state index contributed by atoms with van der Waals surface area (Å²) in [5, 5.41) is 11.1. The first-order chi connectivity index (χ1) is 15.1. The minimum atomic E-state index is -0.245. The Morgan fingerprint density at radius 3 is 2.32 bits per heavy atom. The van der Waals surface area contributed by atoms with Gasteiger partial charge < -0.3 is 14.8 Å². The maximum Gasteiger partial charge on any atom is 0.255 e. The first kappa shape index (κ1) is 20.6. The van der Waals surface area contributed by atoms with Crippen LogP contribution < -0.4 is 14.8 Å². The number of rotatable bonds is 6. The summed E-state index contributed by atoms with van der Waals surface area (Å²) in [5.74, 6) is 0.819. The molecule has 0 atom stereocenters. The van der Waals surface area contributed by atoms with Crippen LogP contribution in [-0.4, -0.2) is 35.1 Å². The molecule has 0 saturated heterocycles. The van der Waals surface area contributed by atoms with E-state index in [9.17, 15) is 4.79 Å². The highest BCUT2D eigenvalue weighted by atomic mass is 79.9. The molecule has 0 aliphatic heterocycles. The van der Waals surface area contributed by atoms with E-state index in [1.54, 1.807) is 36.2 Å². The second-order valence-electron chi connectivity index (χ2n) is 6.61. The number of anilines is 1. The van der Waals surface area contributed by atoms with E-state index in [0.717, 1.165) is 21.4 Å². The highest BCUT2D eigenvalue weighted by Gasteiger charge is 2.12. The van der Waals surface area contributed by atoms with Gasteiger partial charge in [0, 0.05) is 21.3 Å². The number of hydrogen-bond donors (Lipinski definition) is 1. The molecule has 0 radical (unpaired) electrons. The number of methoxy groups -OCH3 is 2. The maximum atomic E-state index is 12.6. The Labute approximate surface area is 187 Å². The van der Waals surface area contributed by atoms with Crippen LogP contribution >= 0.6 is 15.9 Å². The fourth-order valence-electron chi connectivity index (χ4n) is 3.11. The first-order valence-electron chi connectivity index (χ1n) is 9.39. The third-order valence-corrected chi connectivity index (χ3v) is 5.23. The summed E-state index contributed by atoms with van der Waals surface area (Å²) in [6.07, 6.45) is 1.72. The van der Waals surface area contributed by atoms with Crippen LogP contribution in [0.5, 0.6) is 11.5 Å². The zero-order valence-corrected chi connectivity index (χ0v) is 18.5. The normalized spacial score (nSPS) is 10.5. The molecule has 156 valence electrons. The topological polar surface area (TPSA) is 78.3 Å². The van der Waals surface area contributed by atoms with Crippen molar-refractivity contribution < 1.29 is 14.3 Å². The van der Waals surface area contributed by atoms with Gasteiger partial charge in [0.05, 0.1) is 31.8 Å². The van der Waals surface area contributed by atoms with Crippen LogP contribution in [0, 0.1) is 0 Å². The number of aromatic nitrogens is 3. The van der Waals surface area contributed by atoms with E-state index < -0.39 is 0 Å². The summed E-state index contributed by atoms with van der Waals surface area (Å²) in [6.45, 7) is 0. The Kier molecular flexibility index (Phi) is 5.99. The van der Waals surface area contributed by atoms with Crippen LogP contribution in [0.3, 0.4) is 0 Å². The van der Waals surface area contributed by atoms with Crippen molar-refractivity contribution in [2.75, 3.05) is 19.5 Å². The van der Waals surface area contributed by atoms with Crippen molar-refractivity contribution in [3.05, 3.63) is 83.0 Å². The van der Waals surface area contributed by atoms with Crippen LogP contribution in [0.2, 0.25) is 0 Å². The Morgan fingerprint density at radius 1 is 0.935 bits per heavy atom. The van der Waals surface area contributed by atoms with E-state index in [2.05, 4.69) is 31.6 Å². The molecule has 0 aliphatic carbocycles. The molecule has 1 N–H and O–H groups in total.